The molecule has 0 atom stereocenters. The van der Waals surface area contributed by atoms with Crippen LogP contribution in [0.3, 0.4) is 0 Å². The van der Waals surface area contributed by atoms with Gasteiger partial charge in [0.2, 0.25) is 0 Å². The average Bonchev–Trinajstić information content (AvgIpc) is 2.37. The molecule has 0 spiro atoms. The quantitative estimate of drug-likeness (QED) is 0.863. The summed E-state index contributed by atoms with van der Waals surface area (Å²) in [4.78, 5) is 28.6. The van der Waals surface area contributed by atoms with Crippen molar-refractivity contribution in [2.75, 3.05) is 19.8 Å². The highest BCUT2D eigenvalue weighted by molar-refractivity contribution is 5.95. The molecule has 1 aromatic rings. The van der Waals surface area contributed by atoms with Crippen molar-refractivity contribution >= 4 is 11.9 Å². The Bertz CT molecular complexity index is 496. The Morgan fingerprint density at radius 3 is 2.68 bits per heavy atom. The molecule has 1 amide bonds. The number of rotatable bonds is 2. The standard InChI is InChI=1S/C13H16N2O4/c1-13(2)8-19-6-5-15(13)11(16)9-3-4-10(12(17)18)14-7-9/h3-4,7H,5-6,8H2,1-2H3,(H,17,18). The molecule has 102 valence electrons. The minimum Gasteiger partial charge on any atom is -0.477 e. The number of aromatic carboxylic acids is 1. The van der Waals surface area contributed by atoms with E-state index in [1.54, 1.807) is 4.90 Å². The first-order valence-corrected chi connectivity index (χ1v) is 6.01. The van der Waals surface area contributed by atoms with Crippen molar-refractivity contribution in [2.24, 2.45) is 0 Å². The van der Waals surface area contributed by atoms with Gasteiger partial charge in [-0.1, -0.05) is 0 Å². The van der Waals surface area contributed by atoms with E-state index in [1.165, 1.54) is 18.3 Å². The minimum absolute atomic E-state index is 0.0715. The fourth-order valence-corrected chi connectivity index (χ4v) is 2.04. The van der Waals surface area contributed by atoms with Gasteiger partial charge >= 0.3 is 5.97 Å². The third-order valence-corrected chi connectivity index (χ3v) is 3.12. The highest BCUT2D eigenvalue weighted by atomic mass is 16.5. The average molecular weight is 264 g/mol. The molecule has 0 aliphatic carbocycles. The minimum atomic E-state index is -1.11. The summed E-state index contributed by atoms with van der Waals surface area (Å²) in [6, 6.07) is 2.83. The fraction of sp³-hybridized carbons (Fsp3) is 0.462. The summed E-state index contributed by atoms with van der Waals surface area (Å²) in [7, 11) is 0. The van der Waals surface area contributed by atoms with Crippen LogP contribution in [0.4, 0.5) is 0 Å². The van der Waals surface area contributed by atoms with E-state index in [0.717, 1.165) is 0 Å². The van der Waals surface area contributed by atoms with Crippen molar-refractivity contribution < 1.29 is 19.4 Å². The van der Waals surface area contributed by atoms with Crippen LogP contribution in [0.1, 0.15) is 34.7 Å². The highest BCUT2D eigenvalue weighted by Crippen LogP contribution is 2.21. The van der Waals surface area contributed by atoms with Gasteiger partial charge in [-0.15, -0.1) is 0 Å². The van der Waals surface area contributed by atoms with Gasteiger partial charge in [0.05, 0.1) is 24.3 Å². The van der Waals surface area contributed by atoms with Crippen molar-refractivity contribution in [3.8, 4) is 0 Å². The Balaban J connectivity index is 2.21. The topological polar surface area (TPSA) is 79.7 Å². The van der Waals surface area contributed by atoms with Gasteiger partial charge in [0, 0.05) is 12.7 Å². The van der Waals surface area contributed by atoms with Gasteiger partial charge in [-0.3, -0.25) is 4.79 Å². The summed E-state index contributed by atoms with van der Waals surface area (Å²) in [6.45, 7) is 5.38. The van der Waals surface area contributed by atoms with Crippen LogP contribution >= 0.6 is 0 Å². The summed E-state index contributed by atoms with van der Waals surface area (Å²) in [5.41, 5.74) is -0.0568. The zero-order valence-corrected chi connectivity index (χ0v) is 10.9. The summed E-state index contributed by atoms with van der Waals surface area (Å²) in [5, 5.41) is 8.77. The lowest BCUT2D eigenvalue weighted by molar-refractivity contribution is -0.0370. The van der Waals surface area contributed by atoms with Crippen LogP contribution in [0.2, 0.25) is 0 Å². The van der Waals surface area contributed by atoms with Crippen molar-refractivity contribution in [1.29, 1.82) is 0 Å². The second kappa shape index (κ2) is 4.97. The first-order valence-electron chi connectivity index (χ1n) is 6.01. The van der Waals surface area contributed by atoms with Crippen molar-refractivity contribution in [1.82, 2.24) is 9.88 Å². The maximum atomic E-state index is 12.4. The number of carbonyl (C=O) groups is 2. The Morgan fingerprint density at radius 1 is 1.42 bits per heavy atom. The number of morpholine rings is 1. The maximum Gasteiger partial charge on any atom is 0.354 e. The summed E-state index contributed by atoms with van der Waals surface area (Å²) >= 11 is 0. The molecular formula is C13H16N2O4. The second-order valence-corrected chi connectivity index (χ2v) is 5.06. The second-order valence-electron chi connectivity index (χ2n) is 5.06. The number of nitrogens with zero attached hydrogens (tertiary/aromatic N) is 2. The van der Waals surface area contributed by atoms with Crippen LogP contribution in [-0.2, 0) is 4.74 Å². The maximum absolute atomic E-state index is 12.4. The molecule has 0 unspecified atom stereocenters. The Labute approximate surface area is 111 Å². The number of pyridine rings is 1. The van der Waals surface area contributed by atoms with Gasteiger partial charge in [0.1, 0.15) is 5.69 Å². The fourth-order valence-electron chi connectivity index (χ4n) is 2.04. The van der Waals surface area contributed by atoms with E-state index in [9.17, 15) is 9.59 Å². The van der Waals surface area contributed by atoms with Gasteiger partial charge < -0.3 is 14.7 Å². The number of carbonyl (C=O) groups excluding carboxylic acids is 1. The first kappa shape index (κ1) is 13.5. The number of carboxylic acid groups (broad SMARTS) is 1. The zero-order valence-electron chi connectivity index (χ0n) is 10.9. The van der Waals surface area contributed by atoms with E-state index < -0.39 is 5.97 Å². The van der Waals surface area contributed by atoms with Gasteiger partial charge in [-0.2, -0.15) is 0 Å². The molecule has 6 nitrogen and oxygen atoms in total. The summed E-state index contributed by atoms with van der Waals surface area (Å²) in [5.74, 6) is -1.26. The SMILES string of the molecule is CC1(C)COCCN1C(=O)c1ccc(C(=O)O)nc1. The molecule has 0 saturated carbocycles. The normalized spacial score (nSPS) is 18.1. The van der Waals surface area contributed by atoms with Crippen LogP contribution in [0.15, 0.2) is 18.3 Å². The Hall–Kier alpha value is -1.95. The van der Waals surface area contributed by atoms with E-state index in [0.29, 0.717) is 25.3 Å². The molecule has 1 saturated heterocycles. The number of hydrogen-bond donors (Lipinski definition) is 1. The van der Waals surface area contributed by atoms with Gasteiger partial charge in [-0.05, 0) is 26.0 Å². The molecule has 1 N–H and O–H groups in total. The number of amides is 1. The molecule has 1 aliphatic rings. The number of carboxylic acids is 1. The molecule has 0 radical (unpaired) electrons. The van der Waals surface area contributed by atoms with Crippen molar-refractivity contribution in [3.63, 3.8) is 0 Å². The van der Waals surface area contributed by atoms with Crippen LogP contribution in [0.5, 0.6) is 0 Å². The molecule has 0 aromatic carbocycles. The lowest BCUT2D eigenvalue weighted by Crippen LogP contribution is -2.55. The van der Waals surface area contributed by atoms with Gasteiger partial charge in [0.25, 0.3) is 5.91 Å². The van der Waals surface area contributed by atoms with E-state index in [2.05, 4.69) is 4.98 Å². The number of aromatic nitrogens is 1. The smallest absolute Gasteiger partial charge is 0.354 e. The zero-order chi connectivity index (χ0) is 14.0. The van der Waals surface area contributed by atoms with E-state index in [1.807, 2.05) is 13.8 Å². The molecule has 0 bridgehead atoms. The predicted molar refractivity (Wildman–Crippen MR) is 67.1 cm³/mol. The molecule has 1 aliphatic heterocycles. The van der Waals surface area contributed by atoms with E-state index in [4.69, 9.17) is 9.84 Å². The van der Waals surface area contributed by atoms with Crippen LogP contribution in [-0.4, -0.2) is 52.2 Å². The van der Waals surface area contributed by atoms with Crippen LogP contribution < -0.4 is 0 Å². The largest absolute Gasteiger partial charge is 0.477 e. The predicted octanol–water partition coefficient (Wildman–Crippen LogP) is 1.03. The number of ether oxygens (including phenoxy) is 1. The first-order chi connectivity index (χ1) is 8.92. The molecule has 6 heteroatoms. The van der Waals surface area contributed by atoms with E-state index in [-0.39, 0.29) is 17.1 Å². The lowest BCUT2D eigenvalue weighted by Gasteiger charge is -2.42. The van der Waals surface area contributed by atoms with E-state index >= 15 is 0 Å². The van der Waals surface area contributed by atoms with Gasteiger partial charge in [0.15, 0.2) is 0 Å². The van der Waals surface area contributed by atoms with Crippen molar-refractivity contribution in [2.45, 2.75) is 19.4 Å². The third-order valence-electron chi connectivity index (χ3n) is 3.12. The molecule has 1 aromatic heterocycles. The Morgan fingerprint density at radius 2 is 2.16 bits per heavy atom. The molecule has 19 heavy (non-hydrogen) atoms. The molecular weight excluding hydrogens is 248 g/mol. The monoisotopic (exact) mass is 264 g/mol. The summed E-state index contributed by atoms with van der Waals surface area (Å²) < 4.78 is 5.36. The lowest BCUT2D eigenvalue weighted by atomic mass is 10.0. The third kappa shape index (κ3) is 2.73. The Kier molecular flexibility index (Phi) is 3.53. The van der Waals surface area contributed by atoms with Crippen LogP contribution in [0.25, 0.3) is 0 Å². The molecule has 2 rings (SSSR count). The summed E-state index contributed by atoms with van der Waals surface area (Å²) in [6.07, 6.45) is 1.30. The van der Waals surface area contributed by atoms with Gasteiger partial charge in [-0.25, -0.2) is 9.78 Å². The molecule has 2 heterocycles. The van der Waals surface area contributed by atoms with Crippen molar-refractivity contribution in [3.05, 3.63) is 29.6 Å². The number of hydrogen-bond acceptors (Lipinski definition) is 4. The van der Waals surface area contributed by atoms with Crippen LogP contribution in [0, 0.1) is 0 Å². The molecule has 1 fully saturated rings. The highest BCUT2D eigenvalue weighted by Gasteiger charge is 2.34.